The van der Waals surface area contributed by atoms with Gasteiger partial charge in [-0.25, -0.2) is 17.9 Å². The van der Waals surface area contributed by atoms with Crippen LogP contribution >= 0.6 is 0 Å². The molecule has 2 heterocycles. The van der Waals surface area contributed by atoms with Crippen molar-refractivity contribution in [2.24, 2.45) is 0 Å². The summed E-state index contributed by atoms with van der Waals surface area (Å²) >= 11 is 0. The fraction of sp³-hybridized carbons (Fsp3) is 0.154. The molecule has 1 aromatic heterocycles. The Kier molecular flexibility index (Phi) is 6.99. The molecule has 0 atom stereocenters. The molecule has 3 aromatic rings. The second-order valence-corrected chi connectivity index (χ2v) is 9.60. The first-order valence-electron chi connectivity index (χ1n) is 10.8. The maximum atomic E-state index is 13.3. The summed E-state index contributed by atoms with van der Waals surface area (Å²) in [5.74, 6) is -0.323. The molecule has 1 aliphatic heterocycles. The highest BCUT2D eigenvalue weighted by molar-refractivity contribution is 7.89. The van der Waals surface area contributed by atoms with E-state index in [0.29, 0.717) is 23.8 Å². The van der Waals surface area contributed by atoms with E-state index in [1.165, 1.54) is 30.2 Å². The number of methoxy groups -OCH3 is 1. The standard InChI is InChI=1S/C26H24N2O6S/c1-18-24(26(30)33-2)23(25(29)28(18)17-19-9-5-3-6-10-19)15-20-13-14-21(34-20)16-27-35(31,32)22-11-7-4-8-12-22/h3-15,27H,16-17H2,1-2H3/b23-15+. The van der Waals surface area contributed by atoms with E-state index in [2.05, 4.69) is 4.72 Å². The van der Waals surface area contributed by atoms with Gasteiger partial charge in [0, 0.05) is 5.70 Å². The van der Waals surface area contributed by atoms with E-state index in [-0.39, 0.29) is 28.5 Å². The summed E-state index contributed by atoms with van der Waals surface area (Å²) in [4.78, 5) is 27.4. The molecule has 0 aliphatic carbocycles. The van der Waals surface area contributed by atoms with Crippen LogP contribution in [0.4, 0.5) is 0 Å². The average Bonchev–Trinajstić information content (AvgIpc) is 3.42. The Labute approximate surface area is 203 Å². The third-order valence-corrected chi connectivity index (χ3v) is 6.96. The first-order valence-corrected chi connectivity index (χ1v) is 12.3. The zero-order valence-electron chi connectivity index (χ0n) is 19.2. The maximum absolute atomic E-state index is 13.3. The molecule has 0 fully saturated rings. The summed E-state index contributed by atoms with van der Waals surface area (Å²) in [7, 11) is -2.44. The van der Waals surface area contributed by atoms with Gasteiger partial charge in [0.15, 0.2) is 0 Å². The van der Waals surface area contributed by atoms with E-state index in [9.17, 15) is 18.0 Å². The molecule has 1 amide bonds. The molecule has 35 heavy (non-hydrogen) atoms. The van der Waals surface area contributed by atoms with Crippen LogP contribution in [0.15, 0.2) is 99.0 Å². The van der Waals surface area contributed by atoms with E-state index in [4.69, 9.17) is 9.15 Å². The average molecular weight is 493 g/mol. The second kappa shape index (κ2) is 10.1. The van der Waals surface area contributed by atoms with Gasteiger partial charge in [-0.2, -0.15) is 0 Å². The fourth-order valence-electron chi connectivity index (χ4n) is 3.74. The van der Waals surface area contributed by atoms with Gasteiger partial charge in [0.2, 0.25) is 10.0 Å². The van der Waals surface area contributed by atoms with Gasteiger partial charge in [-0.1, -0.05) is 48.5 Å². The van der Waals surface area contributed by atoms with Crippen LogP contribution in [0.1, 0.15) is 24.0 Å². The van der Waals surface area contributed by atoms with Gasteiger partial charge >= 0.3 is 5.97 Å². The van der Waals surface area contributed by atoms with Gasteiger partial charge in [0.05, 0.1) is 36.2 Å². The first kappa shape index (κ1) is 24.2. The van der Waals surface area contributed by atoms with E-state index >= 15 is 0 Å². The van der Waals surface area contributed by atoms with Crippen molar-refractivity contribution in [1.82, 2.24) is 9.62 Å². The van der Waals surface area contributed by atoms with Crippen molar-refractivity contribution in [3.8, 4) is 0 Å². The number of allylic oxidation sites excluding steroid dienone is 1. The number of carbonyl (C=O) groups excluding carboxylic acids is 2. The lowest BCUT2D eigenvalue weighted by atomic mass is 10.1. The minimum absolute atomic E-state index is 0.0762. The van der Waals surface area contributed by atoms with Crippen molar-refractivity contribution in [2.75, 3.05) is 7.11 Å². The van der Waals surface area contributed by atoms with Crippen molar-refractivity contribution >= 4 is 28.0 Å². The van der Waals surface area contributed by atoms with Crippen molar-refractivity contribution in [3.63, 3.8) is 0 Å². The molecule has 2 aromatic carbocycles. The van der Waals surface area contributed by atoms with Crippen LogP contribution in [0.3, 0.4) is 0 Å². The number of carbonyl (C=O) groups is 2. The summed E-state index contributed by atoms with van der Waals surface area (Å²) in [5.41, 5.74) is 1.71. The highest BCUT2D eigenvalue weighted by atomic mass is 32.2. The zero-order chi connectivity index (χ0) is 25.0. The van der Waals surface area contributed by atoms with E-state index in [1.54, 1.807) is 37.3 Å². The van der Waals surface area contributed by atoms with Gasteiger partial charge in [-0.05, 0) is 42.8 Å². The minimum atomic E-state index is -3.70. The normalized spacial score (nSPS) is 15.2. The van der Waals surface area contributed by atoms with Crippen molar-refractivity contribution in [2.45, 2.75) is 24.9 Å². The first-order chi connectivity index (χ1) is 16.8. The Hall–Kier alpha value is -3.95. The number of hydrogen-bond acceptors (Lipinski definition) is 6. The molecule has 0 bridgehead atoms. The Balaban J connectivity index is 1.56. The molecule has 1 aliphatic rings. The molecule has 8 nitrogen and oxygen atoms in total. The Morgan fingerprint density at radius 1 is 1.03 bits per heavy atom. The number of amides is 1. The molecular formula is C26H24N2O6S. The number of esters is 1. The van der Waals surface area contributed by atoms with Gasteiger partial charge in [-0.15, -0.1) is 0 Å². The summed E-state index contributed by atoms with van der Waals surface area (Å²) in [5, 5.41) is 0. The molecule has 0 unspecified atom stereocenters. The molecular weight excluding hydrogens is 468 g/mol. The number of hydrogen-bond donors (Lipinski definition) is 1. The van der Waals surface area contributed by atoms with Crippen LogP contribution in [0.25, 0.3) is 6.08 Å². The summed E-state index contributed by atoms with van der Waals surface area (Å²) in [6, 6.07) is 20.7. The van der Waals surface area contributed by atoms with Gasteiger partial charge < -0.3 is 14.1 Å². The van der Waals surface area contributed by atoms with Crippen LogP contribution in [0.5, 0.6) is 0 Å². The fourth-order valence-corrected chi connectivity index (χ4v) is 4.76. The predicted molar refractivity (Wildman–Crippen MR) is 129 cm³/mol. The van der Waals surface area contributed by atoms with E-state index in [0.717, 1.165) is 5.56 Å². The van der Waals surface area contributed by atoms with Crippen molar-refractivity contribution in [3.05, 3.63) is 107 Å². The minimum Gasteiger partial charge on any atom is -0.465 e. The molecule has 0 radical (unpaired) electrons. The van der Waals surface area contributed by atoms with Crippen LogP contribution < -0.4 is 4.72 Å². The topological polar surface area (TPSA) is 106 Å². The van der Waals surface area contributed by atoms with E-state index in [1.807, 2.05) is 30.3 Å². The maximum Gasteiger partial charge on any atom is 0.340 e. The molecule has 4 rings (SSSR count). The number of furan rings is 1. The highest BCUT2D eigenvalue weighted by Crippen LogP contribution is 2.33. The third kappa shape index (κ3) is 5.26. The summed E-state index contributed by atoms with van der Waals surface area (Å²) < 4.78 is 38.0. The molecule has 1 N–H and O–H groups in total. The number of sulfonamides is 1. The van der Waals surface area contributed by atoms with Crippen molar-refractivity contribution in [1.29, 1.82) is 0 Å². The monoisotopic (exact) mass is 492 g/mol. The van der Waals surface area contributed by atoms with Crippen LogP contribution in [0, 0.1) is 0 Å². The smallest absolute Gasteiger partial charge is 0.340 e. The number of rotatable bonds is 8. The Morgan fingerprint density at radius 2 is 1.69 bits per heavy atom. The number of nitrogens with one attached hydrogen (secondary N) is 1. The lowest BCUT2D eigenvalue weighted by Crippen LogP contribution is -2.24. The van der Waals surface area contributed by atoms with Gasteiger partial charge in [0.25, 0.3) is 5.91 Å². The molecule has 9 heteroatoms. The van der Waals surface area contributed by atoms with Crippen LogP contribution in [-0.4, -0.2) is 32.3 Å². The lowest BCUT2D eigenvalue weighted by Gasteiger charge is -2.17. The predicted octanol–water partition coefficient (Wildman–Crippen LogP) is 3.63. The second-order valence-electron chi connectivity index (χ2n) is 7.83. The summed E-state index contributed by atoms with van der Waals surface area (Å²) in [6.07, 6.45) is 1.47. The van der Waals surface area contributed by atoms with E-state index < -0.39 is 16.0 Å². The van der Waals surface area contributed by atoms with Gasteiger partial charge in [-0.3, -0.25) is 4.79 Å². The molecule has 180 valence electrons. The highest BCUT2D eigenvalue weighted by Gasteiger charge is 2.37. The lowest BCUT2D eigenvalue weighted by molar-refractivity contribution is -0.136. The number of ether oxygens (including phenoxy) is 1. The summed E-state index contributed by atoms with van der Waals surface area (Å²) in [6.45, 7) is 1.92. The van der Waals surface area contributed by atoms with Crippen LogP contribution in [0.2, 0.25) is 0 Å². The number of benzene rings is 2. The van der Waals surface area contributed by atoms with Crippen LogP contribution in [-0.2, 0) is 37.4 Å². The van der Waals surface area contributed by atoms with Gasteiger partial charge in [0.1, 0.15) is 11.5 Å². The van der Waals surface area contributed by atoms with Crippen molar-refractivity contribution < 1.29 is 27.2 Å². The Morgan fingerprint density at radius 3 is 2.34 bits per heavy atom. The third-order valence-electron chi connectivity index (χ3n) is 5.54. The number of nitrogens with zero attached hydrogens (tertiary/aromatic N) is 1. The SMILES string of the molecule is COC(=O)C1=C(C)N(Cc2ccccc2)C(=O)/C1=C/c1ccc(CNS(=O)(=O)c2ccccc2)o1. The molecule has 0 saturated carbocycles. The quantitative estimate of drug-likeness (QED) is 0.380. The molecule has 0 spiro atoms. The Bertz CT molecular complexity index is 1410. The largest absolute Gasteiger partial charge is 0.465 e. The molecule has 0 saturated heterocycles. The zero-order valence-corrected chi connectivity index (χ0v) is 20.0.